The van der Waals surface area contributed by atoms with Crippen LogP contribution in [0.4, 0.5) is 0 Å². The second-order valence-corrected chi connectivity index (χ2v) is 9.15. The molecule has 1 rings (SSSR count). The van der Waals surface area contributed by atoms with Crippen LogP contribution in [0.25, 0.3) is 0 Å². The van der Waals surface area contributed by atoms with Gasteiger partial charge in [-0.2, -0.15) is 0 Å². The standard InChI is InChI=1S/C17H21ClO6S/c1-6-13(19)17(18,15(21)24-16(2,3)4)14(20)11-7-9-12(10-8-11)25(5,22)23/h7-10H,6H2,1-5H3. The van der Waals surface area contributed by atoms with Gasteiger partial charge in [-0.05, 0) is 32.9 Å². The van der Waals surface area contributed by atoms with Gasteiger partial charge in [-0.25, -0.2) is 13.2 Å². The Bertz CT molecular complexity index is 789. The fourth-order valence-electron chi connectivity index (χ4n) is 1.98. The summed E-state index contributed by atoms with van der Waals surface area (Å²) in [4.78, 5) is 34.9. The van der Waals surface area contributed by atoms with Gasteiger partial charge in [0.2, 0.25) is 5.78 Å². The van der Waals surface area contributed by atoms with Crippen molar-refractivity contribution in [1.29, 1.82) is 0 Å². The van der Waals surface area contributed by atoms with Crippen molar-refractivity contribution in [3.05, 3.63) is 29.8 Å². The molecule has 1 aromatic rings. The lowest BCUT2D eigenvalue weighted by Crippen LogP contribution is -2.51. The lowest BCUT2D eigenvalue weighted by Gasteiger charge is -2.27. The Morgan fingerprint density at radius 1 is 1.08 bits per heavy atom. The van der Waals surface area contributed by atoms with Gasteiger partial charge in [-0.1, -0.05) is 30.7 Å². The minimum atomic E-state index is -3.44. The molecule has 0 spiro atoms. The van der Waals surface area contributed by atoms with Gasteiger partial charge >= 0.3 is 5.97 Å². The van der Waals surface area contributed by atoms with Gasteiger partial charge in [-0.3, -0.25) is 9.59 Å². The summed E-state index contributed by atoms with van der Waals surface area (Å²) >= 11 is 6.17. The number of ether oxygens (including phenoxy) is 1. The highest BCUT2D eigenvalue weighted by atomic mass is 35.5. The fraction of sp³-hybridized carbons (Fsp3) is 0.471. The average molecular weight is 389 g/mol. The molecule has 0 amide bonds. The number of esters is 1. The summed E-state index contributed by atoms with van der Waals surface area (Å²) in [6, 6.07) is 4.85. The average Bonchev–Trinajstić information content (AvgIpc) is 2.50. The predicted molar refractivity (Wildman–Crippen MR) is 93.6 cm³/mol. The van der Waals surface area contributed by atoms with Crippen LogP contribution >= 0.6 is 11.6 Å². The first-order chi connectivity index (χ1) is 11.2. The zero-order valence-corrected chi connectivity index (χ0v) is 16.3. The topological polar surface area (TPSA) is 94.6 Å². The van der Waals surface area contributed by atoms with Gasteiger partial charge in [0.05, 0.1) is 4.90 Å². The molecule has 0 saturated heterocycles. The fourth-order valence-corrected chi connectivity index (χ4v) is 2.89. The van der Waals surface area contributed by atoms with E-state index in [2.05, 4.69) is 0 Å². The van der Waals surface area contributed by atoms with Crippen LogP contribution in [0.2, 0.25) is 0 Å². The number of benzene rings is 1. The number of rotatable bonds is 6. The molecule has 0 aliphatic carbocycles. The monoisotopic (exact) mass is 388 g/mol. The van der Waals surface area contributed by atoms with E-state index in [0.717, 1.165) is 6.26 Å². The molecular formula is C17H21ClO6S. The van der Waals surface area contributed by atoms with Gasteiger partial charge in [0.25, 0.3) is 4.87 Å². The highest BCUT2D eigenvalue weighted by molar-refractivity contribution is 7.90. The van der Waals surface area contributed by atoms with Crippen molar-refractivity contribution < 1.29 is 27.5 Å². The molecule has 6 nitrogen and oxygen atoms in total. The van der Waals surface area contributed by atoms with Gasteiger partial charge in [-0.15, -0.1) is 0 Å². The van der Waals surface area contributed by atoms with Crippen LogP contribution in [0.5, 0.6) is 0 Å². The van der Waals surface area contributed by atoms with Crippen LogP contribution in [0.1, 0.15) is 44.5 Å². The van der Waals surface area contributed by atoms with E-state index in [9.17, 15) is 22.8 Å². The summed E-state index contributed by atoms with van der Waals surface area (Å²) in [5.74, 6) is -2.89. The summed E-state index contributed by atoms with van der Waals surface area (Å²) in [6.45, 7) is 6.24. The maximum atomic E-state index is 12.8. The Hall–Kier alpha value is -1.73. The van der Waals surface area contributed by atoms with Gasteiger partial charge in [0.1, 0.15) is 5.60 Å². The quantitative estimate of drug-likeness (QED) is 0.321. The summed E-state index contributed by atoms with van der Waals surface area (Å²) in [7, 11) is -3.44. The molecule has 0 aliphatic rings. The smallest absolute Gasteiger partial charge is 0.343 e. The normalized spacial score (nSPS) is 14.5. The third-order valence-electron chi connectivity index (χ3n) is 3.24. The highest BCUT2D eigenvalue weighted by Gasteiger charge is 2.52. The van der Waals surface area contributed by atoms with E-state index in [1.807, 2.05) is 0 Å². The van der Waals surface area contributed by atoms with Crippen molar-refractivity contribution in [2.45, 2.75) is 49.5 Å². The van der Waals surface area contributed by atoms with Crippen LogP contribution < -0.4 is 0 Å². The Kier molecular flexibility index (Phi) is 6.18. The maximum Gasteiger partial charge on any atom is 0.343 e. The van der Waals surface area contributed by atoms with Crippen LogP contribution in [0.15, 0.2) is 29.2 Å². The molecule has 25 heavy (non-hydrogen) atoms. The number of carbonyl (C=O) groups excluding carboxylic acids is 3. The molecule has 138 valence electrons. The van der Waals surface area contributed by atoms with Gasteiger partial charge in [0, 0.05) is 18.2 Å². The second-order valence-electron chi connectivity index (χ2n) is 6.56. The van der Waals surface area contributed by atoms with Crippen LogP contribution in [0, 0.1) is 0 Å². The number of hydrogen-bond donors (Lipinski definition) is 0. The first-order valence-corrected chi connectivity index (χ1v) is 9.81. The van der Waals surface area contributed by atoms with E-state index in [1.54, 1.807) is 20.8 Å². The molecule has 0 bridgehead atoms. The minimum absolute atomic E-state index is 0.00306. The predicted octanol–water partition coefficient (Wildman–Crippen LogP) is 2.57. The molecule has 8 heteroatoms. The summed E-state index contributed by atoms with van der Waals surface area (Å²) in [6.07, 6.45) is 0.882. The first kappa shape index (κ1) is 21.3. The van der Waals surface area contributed by atoms with Crippen molar-refractivity contribution in [2.75, 3.05) is 6.26 Å². The summed E-state index contributed by atoms with van der Waals surface area (Å²) in [5.41, 5.74) is -0.999. The van der Waals surface area contributed by atoms with Crippen molar-refractivity contribution in [1.82, 2.24) is 0 Å². The second kappa shape index (κ2) is 7.25. The molecule has 1 aromatic carbocycles. The Morgan fingerprint density at radius 3 is 1.92 bits per heavy atom. The third-order valence-corrected chi connectivity index (χ3v) is 4.91. The molecule has 0 heterocycles. The number of sulfone groups is 1. The lowest BCUT2D eigenvalue weighted by atomic mass is 9.91. The van der Waals surface area contributed by atoms with E-state index in [4.69, 9.17) is 16.3 Å². The molecule has 0 aromatic heterocycles. The molecule has 1 unspecified atom stereocenters. The number of carbonyl (C=O) groups is 3. The van der Waals surface area contributed by atoms with Crippen LogP contribution in [-0.4, -0.2) is 42.7 Å². The lowest BCUT2D eigenvalue weighted by molar-refractivity contribution is -0.158. The number of hydrogen-bond acceptors (Lipinski definition) is 6. The summed E-state index contributed by atoms with van der Waals surface area (Å²) < 4.78 is 28.1. The molecule has 0 radical (unpaired) electrons. The van der Waals surface area contributed by atoms with Gasteiger partial charge in [0.15, 0.2) is 15.6 Å². The van der Waals surface area contributed by atoms with E-state index in [0.29, 0.717) is 0 Å². The molecule has 0 saturated carbocycles. The largest absolute Gasteiger partial charge is 0.458 e. The van der Waals surface area contributed by atoms with E-state index < -0.39 is 37.8 Å². The Morgan fingerprint density at radius 2 is 1.56 bits per heavy atom. The zero-order chi connectivity index (χ0) is 19.6. The van der Waals surface area contributed by atoms with Crippen molar-refractivity contribution >= 4 is 39.0 Å². The SMILES string of the molecule is CCC(=O)C(Cl)(C(=O)OC(C)(C)C)C(=O)c1ccc(S(C)(=O)=O)cc1. The molecular weight excluding hydrogens is 368 g/mol. The van der Waals surface area contributed by atoms with Crippen LogP contribution in [-0.2, 0) is 24.2 Å². The third kappa shape index (κ3) is 4.89. The van der Waals surface area contributed by atoms with E-state index in [1.165, 1.54) is 31.2 Å². The Balaban J connectivity index is 3.34. The molecule has 0 aliphatic heterocycles. The van der Waals surface area contributed by atoms with Crippen LogP contribution in [0.3, 0.4) is 0 Å². The highest BCUT2D eigenvalue weighted by Crippen LogP contribution is 2.28. The van der Waals surface area contributed by atoms with Crippen molar-refractivity contribution in [3.63, 3.8) is 0 Å². The Labute approximate surface area is 152 Å². The zero-order valence-electron chi connectivity index (χ0n) is 14.8. The summed E-state index contributed by atoms with van der Waals surface area (Å²) in [5, 5.41) is 0. The van der Waals surface area contributed by atoms with E-state index >= 15 is 0 Å². The molecule has 1 atom stereocenters. The number of alkyl halides is 1. The molecule has 0 fully saturated rings. The first-order valence-electron chi connectivity index (χ1n) is 7.54. The number of halogens is 1. The van der Waals surface area contributed by atoms with Gasteiger partial charge < -0.3 is 4.74 Å². The minimum Gasteiger partial charge on any atom is -0.458 e. The number of ketones is 2. The maximum absolute atomic E-state index is 12.8. The molecule has 0 N–H and O–H groups in total. The van der Waals surface area contributed by atoms with Crippen molar-refractivity contribution in [2.24, 2.45) is 0 Å². The van der Waals surface area contributed by atoms with Crippen molar-refractivity contribution in [3.8, 4) is 0 Å². The number of Topliss-reactive ketones (excluding diaryl/α,β-unsaturated/α-hetero) is 2. The van der Waals surface area contributed by atoms with E-state index in [-0.39, 0.29) is 16.9 Å².